The van der Waals surface area contributed by atoms with Gasteiger partial charge in [-0.1, -0.05) is 57.2 Å². The van der Waals surface area contributed by atoms with Crippen LogP contribution in [0.2, 0.25) is 0 Å². The van der Waals surface area contributed by atoms with Crippen LogP contribution in [0.1, 0.15) is 48.6 Å². The van der Waals surface area contributed by atoms with Crippen LogP contribution in [-0.2, 0) is 24.8 Å². The Morgan fingerprint density at radius 1 is 0.943 bits per heavy atom. The Labute approximate surface area is 207 Å². The summed E-state index contributed by atoms with van der Waals surface area (Å²) in [4.78, 5) is 0. The van der Waals surface area contributed by atoms with E-state index in [4.69, 9.17) is 14.2 Å². The molecule has 0 radical (unpaired) electrons. The average Bonchev–Trinajstić information content (AvgIpc) is 3.29. The molecule has 4 nitrogen and oxygen atoms in total. The Balaban J connectivity index is 1.59. The minimum absolute atomic E-state index is 0.138. The molecule has 0 bridgehead atoms. The zero-order valence-corrected chi connectivity index (χ0v) is 21.2. The van der Waals surface area contributed by atoms with Crippen LogP contribution < -0.4 is 18.8 Å². The first-order chi connectivity index (χ1) is 16.8. The quantitative estimate of drug-likeness (QED) is 0.333. The Morgan fingerprint density at radius 2 is 1.69 bits per heavy atom. The molecule has 0 N–H and O–H groups in total. The second kappa shape index (κ2) is 8.01. The Kier molecular flexibility index (Phi) is 5.03. The molecule has 0 amide bonds. The predicted molar refractivity (Wildman–Crippen MR) is 139 cm³/mol. The third-order valence-corrected chi connectivity index (χ3v) is 7.46. The summed E-state index contributed by atoms with van der Waals surface area (Å²) in [5, 5.41) is 2.41. The van der Waals surface area contributed by atoms with Crippen molar-refractivity contribution in [2.45, 2.75) is 52.5 Å². The van der Waals surface area contributed by atoms with Gasteiger partial charge in [-0.2, -0.15) is 4.57 Å². The zero-order chi connectivity index (χ0) is 24.3. The third-order valence-electron chi connectivity index (χ3n) is 7.46. The summed E-state index contributed by atoms with van der Waals surface area (Å²) in [7, 11) is 1.77. The van der Waals surface area contributed by atoms with Gasteiger partial charge in [0.2, 0.25) is 12.5 Å². The topological polar surface area (TPSA) is 31.6 Å². The van der Waals surface area contributed by atoms with Gasteiger partial charge < -0.3 is 14.2 Å². The highest BCUT2D eigenvalue weighted by Crippen LogP contribution is 2.43. The van der Waals surface area contributed by atoms with E-state index < -0.39 is 0 Å². The average molecular weight is 467 g/mol. The molecule has 0 saturated carbocycles. The maximum atomic E-state index is 5.89. The lowest BCUT2D eigenvalue weighted by molar-refractivity contribution is -0.686. The largest absolute Gasteiger partial charge is 0.496 e. The third kappa shape index (κ3) is 3.63. The number of pyridine rings is 1. The van der Waals surface area contributed by atoms with Crippen LogP contribution in [-0.4, -0.2) is 13.9 Å². The maximum Gasteiger partial charge on any atom is 0.231 e. The lowest BCUT2D eigenvalue weighted by atomic mass is 9.85. The highest BCUT2D eigenvalue weighted by atomic mass is 16.7. The van der Waals surface area contributed by atoms with E-state index in [2.05, 4.69) is 87.0 Å². The lowest BCUT2D eigenvalue weighted by Gasteiger charge is -2.22. The maximum absolute atomic E-state index is 5.89. The van der Waals surface area contributed by atoms with Crippen LogP contribution in [0.4, 0.5) is 0 Å². The van der Waals surface area contributed by atoms with Gasteiger partial charge in [0.1, 0.15) is 5.75 Å². The fourth-order valence-electron chi connectivity index (χ4n) is 5.54. The normalized spacial score (nSPS) is 14.1. The molecule has 6 rings (SSSR count). The van der Waals surface area contributed by atoms with Crippen LogP contribution in [0.5, 0.6) is 17.2 Å². The molecule has 0 saturated heterocycles. The number of fused-ring (bicyclic) bond motifs is 5. The number of nitrogens with zero attached hydrogens (tertiary/aromatic N) is 1. The van der Waals surface area contributed by atoms with Gasteiger partial charge in [0.25, 0.3) is 0 Å². The highest BCUT2D eigenvalue weighted by molar-refractivity contribution is 5.94. The molecule has 3 heterocycles. The van der Waals surface area contributed by atoms with E-state index in [0.29, 0.717) is 6.79 Å². The number of rotatable bonds is 3. The Morgan fingerprint density at radius 3 is 2.40 bits per heavy atom. The van der Waals surface area contributed by atoms with Crippen molar-refractivity contribution in [3.63, 3.8) is 0 Å². The summed E-state index contributed by atoms with van der Waals surface area (Å²) < 4.78 is 19.8. The first kappa shape index (κ1) is 22.0. The lowest BCUT2D eigenvalue weighted by Crippen LogP contribution is -2.41. The van der Waals surface area contributed by atoms with E-state index in [-0.39, 0.29) is 5.41 Å². The first-order valence-corrected chi connectivity index (χ1v) is 12.4. The summed E-state index contributed by atoms with van der Waals surface area (Å²) >= 11 is 0. The summed E-state index contributed by atoms with van der Waals surface area (Å²) in [6, 6.07) is 17.9. The van der Waals surface area contributed by atoms with Crippen molar-refractivity contribution in [3.8, 4) is 28.5 Å². The van der Waals surface area contributed by atoms with E-state index in [0.717, 1.165) is 42.2 Å². The van der Waals surface area contributed by atoms with Crippen molar-refractivity contribution in [1.82, 2.24) is 0 Å². The van der Waals surface area contributed by atoms with Crippen molar-refractivity contribution < 1.29 is 18.8 Å². The fourth-order valence-corrected chi connectivity index (χ4v) is 5.54. The van der Waals surface area contributed by atoms with E-state index >= 15 is 0 Å². The zero-order valence-electron chi connectivity index (χ0n) is 21.2. The molecular weight excluding hydrogens is 434 g/mol. The second-order valence-electron chi connectivity index (χ2n) is 10.8. The smallest absolute Gasteiger partial charge is 0.231 e. The van der Waals surface area contributed by atoms with Gasteiger partial charge in [-0.25, -0.2) is 0 Å². The molecule has 0 unspecified atom stereocenters. The fraction of sp³-hybridized carbons (Fsp3) is 0.323. The van der Waals surface area contributed by atoms with Gasteiger partial charge in [-0.3, -0.25) is 0 Å². The summed E-state index contributed by atoms with van der Waals surface area (Å²) in [5.41, 5.74) is 9.10. The molecule has 3 aromatic carbocycles. The van der Waals surface area contributed by atoms with E-state index in [1.165, 1.54) is 44.3 Å². The van der Waals surface area contributed by atoms with Crippen molar-refractivity contribution in [3.05, 3.63) is 82.5 Å². The molecule has 2 aliphatic heterocycles. The molecule has 0 fully saturated rings. The predicted octanol–water partition coefficient (Wildman–Crippen LogP) is 6.28. The van der Waals surface area contributed by atoms with Gasteiger partial charge in [0, 0.05) is 23.8 Å². The van der Waals surface area contributed by atoms with E-state index in [1.807, 2.05) is 0 Å². The van der Waals surface area contributed by atoms with Crippen LogP contribution in [0, 0.1) is 6.92 Å². The number of aromatic nitrogens is 1. The molecule has 35 heavy (non-hydrogen) atoms. The first-order valence-electron chi connectivity index (χ1n) is 12.4. The van der Waals surface area contributed by atoms with Gasteiger partial charge in [0.15, 0.2) is 24.2 Å². The molecular formula is C31H32NO3+. The van der Waals surface area contributed by atoms with Gasteiger partial charge >= 0.3 is 0 Å². The number of hydrogen-bond acceptors (Lipinski definition) is 3. The SMILES string of the molecule is COc1c(C)ccc2c(Cc3ccc(C(C)(C)C)cc3)c3[n+](cc12)CCc1cc2c(cc1-3)OCO2. The van der Waals surface area contributed by atoms with Crippen molar-refractivity contribution in [1.29, 1.82) is 0 Å². The van der Waals surface area contributed by atoms with Crippen LogP contribution in [0.15, 0.2) is 54.7 Å². The highest BCUT2D eigenvalue weighted by Gasteiger charge is 2.32. The van der Waals surface area contributed by atoms with Crippen molar-refractivity contribution >= 4 is 10.8 Å². The molecule has 178 valence electrons. The summed E-state index contributed by atoms with van der Waals surface area (Å²) in [6.45, 7) is 10.1. The molecule has 1 aromatic heterocycles. The van der Waals surface area contributed by atoms with Crippen molar-refractivity contribution in [2.24, 2.45) is 0 Å². The number of hydrogen-bond donors (Lipinski definition) is 0. The number of aryl methyl sites for hydroxylation is 3. The molecule has 0 atom stereocenters. The van der Waals surface area contributed by atoms with Crippen LogP contribution in [0.3, 0.4) is 0 Å². The number of benzene rings is 3. The number of methoxy groups -OCH3 is 1. The summed E-state index contributed by atoms with van der Waals surface area (Å²) in [5.74, 6) is 2.65. The minimum atomic E-state index is 0.138. The van der Waals surface area contributed by atoms with Crippen LogP contribution >= 0.6 is 0 Å². The van der Waals surface area contributed by atoms with Gasteiger partial charge in [-0.05, 0) is 46.7 Å². The van der Waals surface area contributed by atoms with Gasteiger partial charge in [0.05, 0.1) is 18.1 Å². The molecule has 2 aliphatic rings. The Hall–Kier alpha value is -3.53. The molecule has 0 spiro atoms. The number of ether oxygens (including phenoxy) is 3. The standard InChI is InChI=1S/C31H32NO3/c1-19-6-11-23-25(14-20-7-9-22(10-8-20)31(2,3)4)29-24-16-28-27(34-18-35-28)15-21(24)12-13-32(29)17-26(23)30(19)33-5/h6-11,15-17H,12-14,18H2,1-5H3/q+1. The van der Waals surface area contributed by atoms with E-state index in [1.54, 1.807) is 7.11 Å². The second-order valence-corrected chi connectivity index (χ2v) is 10.8. The molecule has 0 aliphatic carbocycles. The van der Waals surface area contributed by atoms with Crippen molar-refractivity contribution in [2.75, 3.05) is 13.9 Å². The van der Waals surface area contributed by atoms with Gasteiger partial charge in [-0.15, -0.1) is 0 Å². The molecule has 4 aromatic rings. The Bertz CT molecular complexity index is 1460. The summed E-state index contributed by atoms with van der Waals surface area (Å²) in [6.07, 6.45) is 4.08. The van der Waals surface area contributed by atoms with E-state index in [9.17, 15) is 0 Å². The monoisotopic (exact) mass is 466 g/mol. The van der Waals surface area contributed by atoms with Crippen LogP contribution in [0.25, 0.3) is 22.0 Å². The molecule has 4 heteroatoms. The minimum Gasteiger partial charge on any atom is -0.496 e.